The number of nitrogens with one attached hydrogen (secondary N) is 1. The number of hydrogen-bond donors (Lipinski definition) is 2. The third-order valence-corrected chi connectivity index (χ3v) is 4.27. The number of carbonyl (C=O) groups excluding carboxylic acids is 1. The fourth-order valence-corrected chi connectivity index (χ4v) is 2.80. The van der Waals surface area contributed by atoms with E-state index in [2.05, 4.69) is 29.5 Å². The van der Waals surface area contributed by atoms with E-state index in [1.807, 2.05) is 5.38 Å². The van der Waals surface area contributed by atoms with Gasteiger partial charge in [0.1, 0.15) is 0 Å². The summed E-state index contributed by atoms with van der Waals surface area (Å²) in [5, 5.41) is 2.20. The number of rotatable bonds is 5. The first-order chi connectivity index (χ1) is 9.20. The molecule has 1 aromatic rings. The van der Waals surface area contributed by atoms with Gasteiger partial charge in [0.05, 0.1) is 18.9 Å². The van der Waals surface area contributed by atoms with E-state index >= 15 is 0 Å². The first-order valence-corrected chi connectivity index (χ1v) is 7.26. The number of hydrazine groups is 1. The van der Waals surface area contributed by atoms with Gasteiger partial charge in [-0.25, -0.2) is 10.8 Å². The van der Waals surface area contributed by atoms with E-state index in [0.29, 0.717) is 23.5 Å². The minimum atomic E-state index is -0.359. The number of thiazole rings is 1. The highest BCUT2D eigenvalue weighted by Crippen LogP contribution is 2.25. The summed E-state index contributed by atoms with van der Waals surface area (Å²) in [6, 6.07) is 0. The van der Waals surface area contributed by atoms with Crippen LogP contribution >= 0.6 is 11.3 Å². The Labute approximate surface area is 116 Å². The fourth-order valence-electron chi connectivity index (χ4n) is 2.09. The lowest BCUT2D eigenvalue weighted by Gasteiger charge is -2.24. The van der Waals surface area contributed by atoms with Crippen LogP contribution in [0, 0.1) is 11.8 Å². The number of nitrogen functional groups attached to an aromatic ring is 1. The lowest BCUT2D eigenvalue weighted by Crippen LogP contribution is -2.29. The normalized spacial score (nSPS) is 22.4. The Morgan fingerprint density at radius 3 is 3.11 bits per heavy atom. The van der Waals surface area contributed by atoms with Crippen molar-refractivity contribution in [1.29, 1.82) is 0 Å². The van der Waals surface area contributed by atoms with Gasteiger partial charge in [-0.3, -0.25) is 10.2 Å². The molecule has 1 aliphatic rings. The van der Waals surface area contributed by atoms with Crippen molar-refractivity contribution in [3.63, 3.8) is 0 Å². The smallest absolute Gasteiger partial charge is 0.294 e. The zero-order chi connectivity index (χ0) is 13.7. The van der Waals surface area contributed by atoms with Crippen LogP contribution in [-0.4, -0.2) is 17.5 Å². The Morgan fingerprint density at radius 2 is 2.37 bits per heavy atom. The molecule has 5 nitrogen and oxygen atoms in total. The largest absolute Gasteiger partial charge is 0.375 e. The Morgan fingerprint density at radius 1 is 1.58 bits per heavy atom. The van der Waals surface area contributed by atoms with Gasteiger partial charge in [0.2, 0.25) is 0 Å². The van der Waals surface area contributed by atoms with E-state index in [0.717, 1.165) is 25.1 Å². The van der Waals surface area contributed by atoms with E-state index in [1.54, 1.807) is 0 Å². The molecule has 2 unspecified atom stereocenters. The maximum absolute atomic E-state index is 11.3. The summed E-state index contributed by atoms with van der Waals surface area (Å²) in [5.74, 6) is 5.94. The van der Waals surface area contributed by atoms with Gasteiger partial charge >= 0.3 is 0 Å². The minimum absolute atomic E-state index is 0.359. The molecule has 0 saturated heterocycles. The molecule has 0 radical (unpaired) electrons. The highest BCUT2D eigenvalue weighted by Gasteiger charge is 2.18. The summed E-state index contributed by atoms with van der Waals surface area (Å²) in [6.07, 6.45) is 6.67. The van der Waals surface area contributed by atoms with Gasteiger partial charge in [-0.15, -0.1) is 11.3 Å². The fraction of sp³-hybridized carbons (Fsp3) is 0.538. The second-order valence-electron chi connectivity index (χ2n) is 4.81. The maximum Gasteiger partial charge on any atom is 0.294 e. The number of nitrogens with two attached hydrogens (primary N) is 1. The van der Waals surface area contributed by atoms with E-state index in [4.69, 9.17) is 10.6 Å². The van der Waals surface area contributed by atoms with Crippen LogP contribution < -0.4 is 11.3 Å². The molecule has 0 saturated carbocycles. The standard InChI is InChI=1S/C13H19N3O2S/c1-9-4-2-3-5-10(9)6-18-7-11-8-19-13(15-11)12(17)16-14/h2-3,8-10H,4-7,14H2,1H3,(H,16,17). The van der Waals surface area contributed by atoms with Crippen molar-refractivity contribution in [1.82, 2.24) is 10.4 Å². The molecule has 1 aliphatic carbocycles. The third-order valence-electron chi connectivity index (χ3n) is 3.38. The lowest BCUT2D eigenvalue weighted by atomic mass is 9.85. The second-order valence-corrected chi connectivity index (χ2v) is 5.67. The topological polar surface area (TPSA) is 77.2 Å². The van der Waals surface area contributed by atoms with E-state index in [1.165, 1.54) is 11.3 Å². The van der Waals surface area contributed by atoms with Crippen molar-refractivity contribution in [2.24, 2.45) is 17.7 Å². The molecule has 6 heteroatoms. The molecule has 1 aromatic heterocycles. The summed E-state index contributed by atoms with van der Waals surface area (Å²) in [5.41, 5.74) is 2.85. The van der Waals surface area contributed by atoms with Gasteiger partial charge in [-0.2, -0.15) is 0 Å². The molecule has 0 spiro atoms. The molecular formula is C13H19N3O2S. The minimum Gasteiger partial charge on any atom is -0.375 e. The van der Waals surface area contributed by atoms with Gasteiger partial charge in [0, 0.05) is 5.38 Å². The average molecular weight is 281 g/mol. The highest BCUT2D eigenvalue weighted by molar-refractivity contribution is 7.11. The number of hydrogen-bond acceptors (Lipinski definition) is 5. The molecule has 0 aromatic carbocycles. The van der Waals surface area contributed by atoms with Gasteiger partial charge in [-0.05, 0) is 24.7 Å². The molecule has 1 amide bonds. The second kappa shape index (κ2) is 6.79. The Balaban J connectivity index is 1.78. The van der Waals surface area contributed by atoms with Crippen molar-refractivity contribution in [3.05, 3.63) is 28.2 Å². The highest BCUT2D eigenvalue weighted by atomic mass is 32.1. The van der Waals surface area contributed by atoms with E-state index in [-0.39, 0.29) is 5.91 Å². The first kappa shape index (κ1) is 14.2. The van der Waals surface area contributed by atoms with Crippen LogP contribution in [0.1, 0.15) is 35.3 Å². The summed E-state index contributed by atoms with van der Waals surface area (Å²) >= 11 is 1.27. The van der Waals surface area contributed by atoms with Crippen LogP contribution in [0.15, 0.2) is 17.5 Å². The average Bonchev–Trinajstić information content (AvgIpc) is 2.89. The predicted octanol–water partition coefficient (Wildman–Crippen LogP) is 1.87. The molecule has 3 N–H and O–H groups in total. The van der Waals surface area contributed by atoms with Crippen molar-refractivity contribution in [2.45, 2.75) is 26.4 Å². The van der Waals surface area contributed by atoms with Crippen molar-refractivity contribution < 1.29 is 9.53 Å². The van der Waals surface area contributed by atoms with Gasteiger partial charge < -0.3 is 4.74 Å². The van der Waals surface area contributed by atoms with Crippen molar-refractivity contribution in [2.75, 3.05) is 6.61 Å². The predicted molar refractivity (Wildman–Crippen MR) is 74.5 cm³/mol. The number of amides is 1. The quantitative estimate of drug-likeness (QED) is 0.374. The number of nitrogens with zero attached hydrogens (tertiary/aromatic N) is 1. The van der Waals surface area contributed by atoms with Gasteiger partial charge in [0.15, 0.2) is 5.01 Å². The van der Waals surface area contributed by atoms with Gasteiger partial charge in [0.25, 0.3) is 5.91 Å². The van der Waals surface area contributed by atoms with Crippen molar-refractivity contribution >= 4 is 17.2 Å². The summed E-state index contributed by atoms with van der Waals surface area (Å²) in [4.78, 5) is 15.4. The maximum atomic E-state index is 11.3. The number of ether oxygens (including phenoxy) is 1. The first-order valence-electron chi connectivity index (χ1n) is 6.38. The molecule has 104 valence electrons. The molecular weight excluding hydrogens is 262 g/mol. The summed E-state index contributed by atoms with van der Waals surface area (Å²) < 4.78 is 5.70. The zero-order valence-corrected chi connectivity index (χ0v) is 11.8. The van der Waals surface area contributed by atoms with Crippen LogP contribution in [0.25, 0.3) is 0 Å². The Bertz CT molecular complexity index is 458. The molecule has 0 aliphatic heterocycles. The SMILES string of the molecule is CC1CC=CCC1COCc1csc(C(=O)NN)n1. The third kappa shape index (κ3) is 3.86. The van der Waals surface area contributed by atoms with Crippen LogP contribution in [0.2, 0.25) is 0 Å². The zero-order valence-electron chi connectivity index (χ0n) is 11.0. The molecule has 0 fully saturated rings. The van der Waals surface area contributed by atoms with E-state index < -0.39 is 0 Å². The molecule has 2 rings (SSSR count). The lowest BCUT2D eigenvalue weighted by molar-refractivity contribution is 0.0664. The number of aromatic nitrogens is 1. The molecule has 1 heterocycles. The van der Waals surface area contributed by atoms with Crippen LogP contribution in [0.5, 0.6) is 0 Å². The summed E-state index contributed by atoms with van der Waals surface area (Å²) in [6.45, 7) is 3.44. The molecule has 0 bridgehead atoms. The Hall–Kier alpha value is -1.24. The molecule has 2 atom stereocenters. The van der Waals surface area contributed by atoms with Crippen LogP contribution in [0.4, 0.5) is 0 Å². The number of allylic oxidation sites excluding steroid dienone is 2. The van der Waals surface area contributed by atoms with E-state index in [9.17, 15) is 4.79 Å². The Kier molecular flexibility index (Phi) is 5.07. The van der Waals surface area contributed by atoms with Gasteiger partial charge in [-0.1, -0.05) is 19.1 Å². The van der Waals surface area contributed by atoms with Crippen LogP contribution in [0.3, 0.4) is 0 Å². The monoisotopic (exact) mass is 281 g/mol. The molecule has 19 heavy (non-hydrogen) atoms. The van der Waals surface area contributed by atoms with Crippen LogP contribution in [-0.2, 0) is 11.3 Å². The van der Waals surface area contributed by atoms with Crippen molar-refractivity contribution in [3.8, 4) is 0 Å². The number of carbonyl (C=O) groups is 1. The summed E-state index contributed by atoms with van der Waals surface area (Å²) in [7, 11) is 0.